The standard InChI is InChI=1S/C17H25NO5/c1-6-22-15(19)14(17(3,4)16(20)23-7-2)18-12-8-10-13(21-5)11-9-12/h8-11,14,18H,6-7H2,1-5H3. The summed E-state index contributed by atoms with van der Waals surface area (Å²) in [5.41, 5.74) is -0.399. The summed E-state index contributed by atoms with van der Waals surface area (Å²) in [6.07, 6.45) is 0. The van der Waals surface area contributed by atoms with E-state index in [1.54, 1.807) is 59.1 Å². The zero-order chi connectivity index (χ0) is 17.5. The Morgan fingerprint density at radius 2 is 1.65 bits per heavy atom. The van der Waals surface area contributed by atoms with Crippen LogP contribution in [0.5, 0.6) is 5.75 Å². The Labute approximate surface area is 137 Å². The molecule has 0 bridgehead atoms. The van der Waals surface area contributed by atoms with Crippen molar-refractivity contribution in [2.75, 3.05) is 25.6 Å². The lowest BCUT2D eigenvalue weighted by Gasteiger charge is -2.31. The van der Waals surface area contributed by atoms with Gasteiger partial charge in [0.05, 0.1) is 25.7 Å². The number of methoxy groups -OCH3 is 1. The molecule has 128 valence electrons. The van der Waals surface area contributed by atoms with Crippen LogP contribution in [0.1, 0.15) is 27.7 Å². The van der Waals surface area contributed by atoms with Crippen LogP contribution in [0.15, 0.2) is 24.3 Å². The minimum Gasteiger partial charge on any atom is -0.497 e. The van der Waals surface area contributed by atoms with Crippen molar-refractivity contribution in [3.05, 3.63) is 24.3 Å². The Morgan fingerprint density at radius 3 is 2.13 bits per heavy atom. The molecule has 0 saturated carbocycles. The Morgan fingerprint density at radius 1 is 1.09 bits per heavy atom. The van der Waals surface area contributed by atoms with Crippen molar-refractivity contribution in [1.82, 2.24) is 0 Å². The molecule has 0 aromatic heterocycles. The molecule has 0 heterocycles. The number of benzene rings is 1. The van der Waals surface area contributed by atoms with Crippen LogP contribution in [0.25, 0.3) is 0 Å². The number of anilines is 1. The Hall–Kier alpha value is -2.24. The number of esters is 2. The molecule has 0 aliphatic carbocycles. The molecular weight excluding hydrogens is 298 g/mol. The third-order valence-corrected chi connectivity index (χ3v) is 3.45. The van der Waals surface area contributed by atoms with Gasteiger partial charge in [0, 0.05) is 5.69 Å². The maximum Gasteiger partial charge on any atom is 0.329 e. The molecule has 1 aromatic carbocycles. The van der Waals surface area contributed by atoms with Crippen molar-refractivity contribution in [3.63, 3.8) is 0 Å². The number of hydrogen-bond donors (Lipinski definition) is 1. The fourth-order valence-electron chi connectivity index (χ4n) is 2.05. The molecule has 0 fully saturated rings. The molecule has 0 saturated heterocycles. The van der Waals surface area contributed by atoms with E-state index in [0.29, 0.717) is 11.4 Å². The van der Waals surface area contributed by atoms with E-state index < -0.39 is 23.4 Å². The monoisotopic (exact) mass is 323 g/mol. The van der Waals surface area contributed by atoms with Crippen molar-refractivity contribution < 1.29 is 23.8 Å². The van der Waals surface area contributed by atoms with Gasteiger partial charge in [0.2, 0.25) is 0 Å². The number of nitrogens with one attached hydrogen (secondary N) is 1. The second-order valence-electron chi connectivity index (χ2n) is 5.50. The van der Waals surface area contributed by atoms with Gasteiger partial charge in [0.1, 0.15) is 11.8 Å². The van der Waals surface area contributed by atoms with Crippen LogP contribution >= 0.6 is 0 Å². The van der Waals surface area contributed by atoms with E-state index in [2.05, 4.69) is 5.32 Å². The zero-order valence-corrected chi connectivity index (χ0v) is 14.3. The van der Waals surface area contributed by atoms with Crippen molar-refractivity contribution in [1.29, 1.82) is 0 Å². The highest BCUT2D eigenvalue weighted by molar-refractivity contribution is 5.89. The molecule has 6 nitrogen and oxygen atoms in total. The van der Waals surface area contributed by atoms with Crippen molar-refractivity contribution in [3.8, 4) is 5.75 Å². The van der Waals surface area contributed by atoms with Gasteiger partial charge in [0.15, 0.2) is 0 Å². The second-order valence-corrected chi connectivity index (χ2v) is 5.50. The molecule has 1 atom stereocenters. The lowest BCUT2D eigenvalue weighted by atomic mass is 9.84. The highest BCUT2D eigenvalue weighted by atomic mass is 16.5. The summed E-state index contributed by atoms with van der Waals surface area (Å²) >= 11 is 0. The molecule has 6 heteroatoms. The first-order valence-electron chi connectivity index (χ1n) is 7.61. The SMILES string of the molecule is CCOC(=O)C(Nc1ccc(OC)cc1)C(C)(C)C(=O)OCC. The average molecular weight is 323 g/mol. The third kappa shape index (κ3) is 4.87. The fourth-order valence-corrected chi connectivity index (χ4v) is 2.05. The van der Waals surface area contributed by atoms with Crippen LogP contribution in [0.3, 0.4) is 0 Å². The smallest absolute Gasteiger partial charge is 0.329 e. The van der Waals surface area contributed by atoms with Crippen molar-refractivity contribution in [2.24, 2.45) is 5.41 Å². The highest BCUT2D eigenvalue weighted by Gasteiger charge is 2.43. The molecule has 0 aliphatic heterocycles. The van der Waals surface area contributed by atoms with Gasteiger partial charge in [0.25, 0.3) is 0 Å². The van der Waals surface area contributed by atoms with E-state index in [1.165, 1.54) is 0 Å². The summed E-state index contributed by atoms with van der Waals surface area (Å²) in [6, 6.07) is 6.21. The van der Waals surface area contributed by atoms with E-state index >= 15 is 0 Å². The van der Waals surface area contributed by atoms with E-state index in [4.69, 9.17) is 14.2 Å². The minimum absolute atomic E-state index is 0.235. The summed E-state index contributed by atoms with van der Waals surface area (Å²) in [5.74, 6) is -0.256. The predicted octanol–water partition coefficient (Wildman–Crippen LogP) is 2.63. The molecule has 1 rings (SSSR count). The van der Waals surface area contributed by atoms with Crippen molar-refractivity contribution >= 4 is 17.6 Å². The molecule has 0 radical (unpaired) electrons. The number of carbonyl (C=O) groups excluding carboxylic acids is 2. The van der Waals surface area contributed by atoms with Gasteiger partial charge in [-0.2, -0.15) is 0 Å². The second kappa shape index (κ2) is 8.41. The van der Waals surface area contributed by atoms with E-state index in [9.17, 15) is 9.59 Å². The van der Waals surface area contributed by atoms with Crippen LogP contribution in [-0.2, 0) is 19.1 Å². The Balaban J connectivity index is 3.04. The first-order chi connectivity index (χ1) is 10.9. The maximum atomic E-state index is 12.3. The molecule has 0 aliphatic rings. The van der Waals surface area contributed by atoms with Gasteiger partial charge in [-0.25, -0.2) is 4.79 Å². The highest BCUT2D eigenvalue weighted by Crippen LogP contribution is 2.28. The number of rotatable bonds is 8. The summed E-state index contributed by atoms with van der Waals surface area (Å²) in [6.45, 7) is 7.25. The molecule has 1 aromatic rings. The first kappa shape index (κ1) is 18.8. The summed E-state index contributed by atoms with van der Waals surface area (Å²) < 4.78 is 15.3. The largest absolute Gasteiger partial charge is 0.497 e. The van der Waals surface area contributed by atoms with Crippen LogP contribution in [0.2, 0.25) is 0 Å². The lowest BCUT2D eigenvalue weighted by molar-refractivity contribution is -0.161. The van der Waals surface area contributed by atoms with Gasteiger partial charge in [-0.15, -0.1) is 0 Å². The molecule has 0 spiro atoms. The summed E-state index contributed by atoms with van der Waals surface area (Å²) in [5, 5.41) is 3.06. The molecule has 23 heavy (non-hydrogen) atoms. The summed E-state index contributed by atoms with van der Waals surface area (Å²) in [7, 11) is 1.58. The van der Waals surface area contributed by atoms with Gasteiger partial charge >= 0.3 is 11.9 Å². The fraction of sp³-hybridized carbons (Fsp3) is 0.529. The molecule has 1 unspecified atom stereocenters. The van der Waals surface area contributed by atoms with Gasteiger partial charge in [-0.1, -0.05) is 0 Å². The normalized spacial score (nSPS) is 12.2. The molecule has 1 N–H and O–H groups in total. The minimum atomic E-state index is -1.08. The first-order valence-corrected chi connectivity index (χ1v) is 7.61. The predicted molar refractivity (Wildman–Crippen MR) is 87.5 cm³/mol. The average Bonchev–Trinajstić information content (AvgIpc) is 2.53. The van der Waals surface area contributed by atoms with E-state index in [-0.39, 0.29) is 13.2 Å². The van der Waals surface area contributed by atoms with Crippen molar-refractivity contribution in [2.45, 2.75) is 33.7 Å². The number of carbonyl (C=O) groups is 2. The third-order valence-electron chi connectivity index (χ3n) is 3.45. The number of hydrogen-bond acceptors (Lipinski definition) is 6. The van der Waals surface area contributed by atoms with Gasteiger partial charge < -0.3 is 19.5 Å². The van der Waals surface area contributed by atoms with E-state index in [1.807, 2.05) is 0 Å². The maximum absolute atomic E-state index is 12.3. The topological polar surface area (TPSA) is 73.9 Å². The quantitative estimate of drug-likeness (QED) is 0.741. The Kier molecular flexibility index (Phi) is 6.88. The lowest BCUT2D eigenvalue weighted by Crippen LogP contribution is -2.49. The van der Waals surface area contributed by atoms with Gasteiger partial charge in [-0.05, 0) is 52.0 Å². The zero-order valence-electron chi connectivity index (χ0n) is 14.3. The van der Waals surface area contributed by atoms with Crippen LogP contribution < -0.4 is 10.1 Å². The van der Waals surface area contributed by atoms with Gasteiger partial charge in [-0.3, -0.25) is 4.79 Å². The van der Waals surface area contributed by atoms with E-state index in [0.717, 1.165) is 0 Å². The van der Waals surface area contributed by atoms with Crippen LogP contribution in [0.4, 0.5) is 5.69 Å². The molecular formula is C17H25NO5. The Bertz CT molecular complexity index is 524. The van der Waals surface area contributed by atoms with Crippen LogP contribution in [-0.4, -0.2) is 38.3 Å². The summed E-state index contributed by atoms with van der Waals surface area (Å²) in [4.78, 5) is 24.5. The number of ether oxygens (including phenoxy) is 3. The molecule has 0 amide bonds. The van der Waals surface area contributed by atoms with Crippen LogP contribution in [0, 0.1) is 5.41 Å².